The first-order chi connectivity index (χ1) is 12.7. The molecular formula is C20H23N3O3. The van der Waals surface area contributed by atoms with Gasteiger partial charge < -0.3 is 14.7 Å². The van der Waals surface area contributed by atoms with E-state index < -0.39 is 5.41 Å². The van der Waals surface area contributed by atoms with Crippen molar-refractivity contribution in [2.75, 3.05) is 19.6 Å². The van der Waals surface area contributed by atoms with Crippen molar-refractivity contribution in [1.82, 2.24) is 15.4 Å². The van der Waals surface area contributed by atoms with Gasteiger partial charge in [-0.2, -0.15) is 0 Å². The Morgan fingerprint density at radius 1 is 1.23 bits per heavy atom. The van der Waals surface area contributed by atoms with E-state index in [-0.39, 0.29) is 11.8 Å². The second-order valence-corrected chi connectivity index (χ2v) is 6.47. The average molecular weight is 353 g/mol. The number of rotatable bonds is 6. The normalized spacial score (nSPS) is 16.1. The number of benzene rings is 1. The van der Waals surface area contributed by atoms with Crippen LogP contribution < -0.4 is 5.32 Å². The van der Waals surface area contributed by atoms with Crippen molar-refractivity contribution in [3.63, 3.8) is 0 Å². The molecule has 2 aromatic rings. The maximum Gasteiger partial charge on any atom is 0.245 e. The van der Waals surface area contributed by atoms with E-state index in [1.165, 1.54) is 12.3 Å². The Morgan fingerprint density at radius 2 is 1.96 bits per heavy atom. The summed E-state index contributed by atoms with van der Waals surface area (Å²) in [7, 11) is 0. The number of nitrogens with one attached hydrogen (secondary N) is 1. The van der Waals surface area contributed by atoms with Gasteiger partial charge in [-0.1, -0.05) is 42.1 Å². The fraction of sp³-hybridized carbons (Fsp3) is 0.350. The number of aromatic nitrogens is 1. The fourth-order valence-electron chi connectivity index (χ4n) is 3.48. The van der Waals surface area contributed by atoms with E-state index in [1.54, 1.807) is 11.0 Å². The quantitative estimate of drug-likeness (QED) is 0.807. The average Bonchev–Trinajstić information content (AvgIpc) is 3.21. The number of carbonyl (C=O) groups excluding carboxylic acids is 2. The lowest BCUT2D eigenvalue weighted by molar-refractivity contribution is -0.133. The van der Waals surface area contributed by atoms with E-state index in [2.05, 4.69) is 17.1 Å². The zero-order valence-corrected chi connectivity index (χ0v) is 14.7. The number of amides is 2. The molecule has 2 heterocycles. The van der Waals surface area contributed by atoms with Crippen molar-refractivity contribution in [2.24, 2.45) is 0 Å². The summed E-state index contributed by atoms with van der Waals surface area (Å²) in [4.78, 5) is 26.7. The molecule has 1 N–H and O–H groups in total. The molecule has 0 atom stereocenters. The van der Waals surface area contributed by atoms with Gasteiger partial charge in [0.05, 0.1) is 11.1 Å². The molecule has 6 heteroatoms. The van der Waals surface area contributed by atoms with Gasteiger partial charge >= 0.3 is 0 Å². The molecule has 0 saturated carbocycles. The Labute approximate surface area is 152 Å². The molecule has 0 unspecified atom stereocenters. The summed E-state index contributed by atoms with van der Waals surface area (Å²) in [6.07, 6.45) is 4.65. The number of hydrogen-bond acceptors (Lipinski definition) is 4. The van der Waals surface area contributed by atoms with Crippen molar-refractivity contribution in [3.8, 4) is 0 Å². The standard InChI is InChI=1S/C20H23N3O3/c1-2-18(24)23-13-10-20(11-14-23,16-6-4-3-5-7-16)19(25)21-12-8-17-9-15-26-22-17/h2-7,9,15H,1,8,10-14H2,(H,21,25). The number of carbonyl (C=O) groups is 2. The lowest BCUT2D eigenvalue weighted by atomic mass is 9.72. The van der Waals surface area contributed by atoms with Crippen LogP contribution in [0.3, 0.4) is 0 Å². The minimum absolute atomic E-state index is 0.00195. The highest BCUT2D eigenvalue weighted by Gasteiger charge is 2.43. The van der Waals surface area contributed by atoms with Crippen molar-refractivity contribution < 1.29 is 14.1 Å². The topological polar surface area (TPSA) is 75.4 Å². The van der Waals surface area contributed by atoms with Gasteiger partial charge in [0.15, 0.2) is 0 Å². The van der Waals surface area contributed by atoms with Crippen LogP contribution in [0.2, 0.25) is 0 Å². The largest absolute Gasteiger partial charge is 0.365 e. The summed E-state index contributed by atoms with van der Waals surface area (Å²) in [6.45, 7) is 5.12. The number of hydrogen-bond donors (Lipinski definition) is 1. The van der Waals surface area contributed by atoms with Crippen LogP contribution in [0.1, 0.15) is 24.1 Å². The molecule has 1 aromatic heterocycles. The summed E-state index contributed by atoms with van der Waals surface area (Å²) in [6, 6.07) is 11.6. The monoisotopic (exact) mass is 353 g/mol. The Kier molecular flexibility index (Phi) is 5.51. The van der Waals surface area contributed by atoms with Gasteiger partial charge in [0.1, 0.15) is 6.26 Å². The lowest BCUT2D eigenvalue weighted by Gasteiger charge is -2.40. The van der Waals surface area contributed by atoms with Gasteiger partial charge in [-0.25, -0.2) is 0 Å². The second kappa shape index (κ2) is 7.99. The summed E-state index contributed by atoms with van der Waals surface area (Å²) in [5, 5.41) is 6.90. The first kappa shape index (κ1) is 17.9. The first-order valence-corrected chi connectivity index (χ1v) is 8.80. The van der Waals surface area contributed by atoms with Gasteiger partial charge in [0.25, 0.3) is 0 Å². The van der Waals surface area contributed by atoms with Gasteiger partial charge in [0.2, 0.25) is 11.8 Å². The predicted molar refractivity (Wildman–Crippen MR) is 97.3 cm³/mol. The summed E-state index contributed by atoms with van der Waals surface area (Å²) in [5.41, 5.74) is 1.18. The molecule has 6 nitrogen and oxygen atoms in total. The molecule has 2 amide bonds. The molecule has 0 spiro atoms. The summed E-state index contributed by atoms with van der Waals surface area (Å²) in [5.74, 6) is -0.0870. The van der Waals surface area contributed by atoms with Crippen molar-refractivity contribution in [2.45, 2.75) is 24.7 Å². The zero-order chi connectivity index (χ0) is 18.4. The second-order valence-electron chi connectivity index (χ2n) is 6.47. The van der Waals surface area contributed by atoms with Crippen LogP contribution in [0.4, 0.5) is 0 Å². The summed E-state index contributed by atoms with van der Waals surface area (Å²) >= 11 is 0. The van der Waals surface area contributed by atoms with E-state index >= 15 is 0 Å². The van der Waals surface area contributed by atoms with Crippen LogP contribution in [0, 0.1) is 0 Å². The molecule has 136 valence electrons. The minimum Gasteiger partial charge on any atom is -0.365 e. The number of piperidine rings is 1. The molecule has 1 aliphatic rings. The van der Waals surface area contributed by atoms with Crippen LogP contribution in [0.5, 0.6) is 0 Å². The molecular weight excluding hydrogens is 330 g/mol. The lowest BCUT2D eigenvalue weighted by Crippen LogP contribution is -2.52. The first-order valence-electron chi connectivity index (χ1n) is 8.80. The number of likely N-dealkylation sites (tertiary alicyclic amines) is 1. The Morgan fingerprint density at radius 3 is 2.58 bits per heavy atom. The molecule has 0 bridgehead atoms. The van der Waals surface area contributed by atoms with E-state index in [0.29, 0.717) is 38.9 Å². The van der Waals surface area contributed by atoms with Gasteiger partial charge in [-0.05, 0) is 24.5 Å². The van der Waals surface area contributed by atoms with Crippen LogP contribution in [0.25, 0.3) is 0 Å². The Balaban J connectivity index is 1.73. The van der Waals surface area contributed by atoms with E-state index in [0.717, 1.165) is 11.3 Å². The molecule has 1 saturated heterocycles. The van der Waals surface area contributed by atoms with Gasteiger partial charge in [-0.3, -0.25) is 9.59 Å². The third-order valence-electron chi connectivity index (χ3n) is 5.02. The van der Waals surface area contributed by atoms with Crippen LogP contribution in [0.15, 0.2) is 59.8 Å². The third-order valence-corrected chi connectivity index (χ3v) is 5.02. The zero-order valence-electron chi connectivity index (χ0n) is 14.7. The predicted octanol–water partition coefficient (Wildman–Crippen LogP) is 2.08. The highest BCUT2D eigenvalue weighted by Crippen LogP contribution is 2.36. The van der Waals surface area contributed by atoms with E-state index in [9.17, 15) is 9.59 Å². The molecule has 0 radical (unpaired) electrons. The smallest absolute Gasteiger partial charge is 0.245 e. The van der Waals surface area contributed by atoms with Crippen LogP contribution >= 0.6 is 0 Å². The molecule has 1 aromatic carbocycles. The van der Waals surface area contributed by atoms with Crippen molar-refractivity contribution >= 4 is 11.8 Å². The van der Waals surface area contributed by atoms with E-state index in [4.69, 9.17) is 4.52 Å². The highest BCUT2D eigenvalue weighted by molar-refractivity contribution is 5.90. The SMILES string of the molecule is C=CC(=O)N1CCC(C(=O)NCCc2ccon2)(c2ccccc2)CC1. The molecule has 0 aliphatic carbocycles. The molecule has 26 heavy (non-hydrogen) atoms. The molecule has 1 fully saturated rings. The van der Waals surface area contributed by atoms with Crippen LogP contribution in [-0.2, 0) is 21.4 Å². The van der Waals surface area contributed by atoms with Gasteiger partial charge in [0, 0.05) is 32.1 Å². The number of nitrogens with zero attached hydrogens (tertiary/aromatic N) is 2. The maximum absolute atomic E-state index is 13.1. The molecule has 3 rings (SSSR count). The highest BCUT2D eigenvalue weighted by atomic mass is 16.5. The third kappa shape index (κ3) is 3.69. The minimum atomic E-state index is -0.622. The van der Waals surface area contributed by atoms with Crippen LogP contribution in [-0.4, -0.2) is 41.5 Å². The van der Waals surface area contributed by atoms with Gasteiger partial charge in [-0.15, -0.1) is 0 Å². The Bertz CT molecular complexity index is 748. The summed E-state index contributed by atoms with van der Waals surface area (Å²) < 4.78 is 4.81. The maximum atomic E-state index is 13.1. The van der Waals surface area contributed by atoms with Crippen molar-refractivity contribution in [1.29, 1.82) is 0 Å². The van der Waals surface area contributed by atoms with E-state index in [1.807, 2.05) is 30.3 Å². The molecule has 1 aliphatic heterocycles. The Hall–Kier alpha value is -2.89. The fourth-order valence-corrected chi connectivity index (χ4v) is 3.48. The van der Waals surface area contributed by atoms with Crippen molar-refractivity contribution in [3.05, 3.63) is 66.6 Å².